The highest BCUT2D eigenvalue weighted by atomic mass is 32.1. The van der Waals surface area contributed by atoms with E-state index in [2.05, 4.69) is 15.2 Å². The van der Waals surface area contributed by atoms with Gasteiger partial charge >= 0.3 is 0 Å². The summed E-state index contributed by atoms with van der Waals surface area (Å²) in [6, 6.07) is -0.254. The number of fused-ring (bicyclic) bond motifs is 1. The van der Waals surface area contributed by atoms with Gasteiger partial charge in [-0.3, -0.25) is 9.79 Å². The van der Waals surface area contributed by atoms with Crippen molar-refractivity contribution in [3.8, 4) is 0 Å². The van der Waals surface area contributed by atoms with Crippen LogP contribution in [0.4, 0.5) is 4.39 Å². The van der Waals surface area contributed by atoms with Crippen LogP contribution in [0, 0.1) is 0 Å². The first kappa shape index (κ1) is 20.1. The summed E-state index contributed by atoms with van der Waals surface area (Å²) in [5, 5.41) is 9.82. The summed E-state index contributed by atoms with van der Waals surface area (Å²) >= 11 is 1.53. The number of hydrogen-bond donors (Lipinski definition) is 1. The highest BCUT2D eigenvalue weighted by Crippen LogP contribution is 2.40. The molecule has 2 aromatic heterocycles. The molecule has 2 unspecified atom stereocenters. The number of halogens is 1. The molecule has 1 aliphatic rings. The fourth-order valence-corrected chi connectivity index (χ4v) is 4.26. The quantitative estimate of drug-likeness (QED) is 0.736. The van der Waals surface area contributed by atoms with Crippen LogP contribution in [0.2, 0.25) is 0 Å². The van der Waals surface area contributed by atoms with Gasteiger partial charge in [-0.25, -0.2) is 14.5 Å². The molecule has 0 radical (unpaired) electrons. The van der Waals surface area contributed by atoms with Crippen LogP contribution < -0.4 is 5.56 Å². The fourth-order valence-electron chi connectivity index (χ4n) is 3.49. The second kappa shape index (κ2) is 8.56. The van der Waals surface area contributed by atoms with Crippen molar-refractivity contribution in [1.82, 2.24) is 15.2 Å². The van der Waals surface area contributed by atoms with Crippen molar-refractivity contribution >= 4 is 23.1 Å². The molecule has 1 N–H and O–H groups in total. The van der Waals surface area contributed by atoms with E-state index in [-0.39, 0.29) is 23.3 Å². The topological polar surface area (TPSA) is 71.0 Å². The van der Waals surface area contributed by atoms with Gasteiger partial charge in [0.05, 0.1) is 29.0 Å². The summed E-state index contributed by atoms with van der Waals surface area (Å²) in [4.78, 5) is 21.8. The maximum Gasteiger partial charge on any atom is 0.272 e. The largest absolute Gasteiger partial charge is 0.280 e. The molecule has 3 rings (SSSR count). The Hall–Kier alpha value is -2.67. The zero-order valence-electron chi connectivity index (χ0n) is 16.4. The summed E-state index contributed by atoms with van der Waals surface area (Å²) in [6.45, 7) is 7.20. The third-order valence-electron chi connectivity index (χ3n) is 4.72. The lowest BCUT2D eigenvalue weighted by atomic mass is 9.82. The Balaban J connectivity index is 2.28. The first-order chi connectivity index (χ1) is 13.5. The lowest BCUT2D eigenvalue weighted by Crippen LogP contribution is -2.32. The van der Waals surface area contributed by atoms with Crippen LogP contribution in [0.1, 0.15) is 61.9 Å². The Morgan fingerprint density at radius 1 is 1.39 bits per heavy atom. The zero-order valence-corrected chi connectivity index (χ0v) is 17.2. The van der Waals surface area contributed by atoms with Crippen molar-refractivity contribution in [2.24, 2.45) is 4.99 Å². The average Bonchev–Trinajstić information content (AvgIpc) is 3.18. The van der Waals surface area contributed by atoms with Gasteiger partial charge in [0, 0.05) is 22.9 Å². The molecule has 0 bridgehead atoms. The van der Waals surface area contributed by atoms with Crippen molar-refractivity contribution in [3.63, 3.8) is 0 Å². The van der Waals surface area contributed by atoms with Gasteiger partial charge in [-0.05, 0) is 38.8 Å². The van der Waals surface area contributed by atoms with E-state index in [1.165, 1.54) is 24.3 Å². The van der Waals surface area contributed by atoms with Crippen LogP contribution in [0.25, 0.3) is 6.08 Å². The summed E-state index contributed by atoms with van der Waals surface area (Å²) in [7, 11) is 0. The Bertz CT molecular complexity index is 1030. The molecule has 3 heterocycles. The van der Waals surface area contributed by atoms with E-state index in [1.54, 1.807) is 18.3 Å². The lowest BCUT2D eigenvalue weighted by Gasteiger charge is -2.30. The highest BCUT2D eigenvalue weighted by molar-refractivity contribution is 7.09. The summed E-state index contributed by atoms with van der Waals surface area (Å²) < 4.78 is 13.3. The van der Waals surface area contributed by atoms with E-state index in [4.69, 9.17) is 4.99 Å². The minimum absolute atomic E-state index is 0.237. The predicted octanol–water partition coefficient (Wildman–Crippen LogP) is 4.79. The molecule has 0 saturated heterocycles. The Labute approximate surface area is 167 Å². The molecule has 0 fully saturated rings. The van der Waals surface area contributed by atoms with E-state index in [0.717, 1.165) is 27.5 Å². The standard InChI is InChI=1S/C21H23FN4OS/c1-5-7-15-16-13(4)24-18(14(6-2)9-8-12(3)22)17(21-23-10-11-28-21)19(16)25-26-20(15)27/h5,7-11,17-18H,6H2,1-4H3,(H,26,27)/b7-5?,12-8+,14-9+. The molecule has 28 heavy (non-hydrogen) atoms. The van der Waals surface area contributed by atoms with Crippen LogP contribution in [0.3, 0.4) is 0 Å². The van der Waals surface area contributed by atoms with Gasteiger partial charge in [0.2, 0.25) is 0 Å². The SMILES string of the molecule is CC=Cc1c2c(n[nH]c1=O)C(c1nccs1)C(/C(=C/C=C(\C)F)CC)N=C2C. The molecule has 0 aliphatic carbocycles. The summed E-state index contributed by atoms with van der Waals surface area (Å²) in [6.07, 6.45) is 9.33. The third kappa shape index (κ3) is 3.80. The van der Waals surface area contributed by atoms with E-state index >= 15 is 0 Å². The predicted molar refractivity (Wildman–Crippen MR) is 113 cm³/mol. The van der Waals surface area contributed by atoms with Crippen LogP contribution in [0.15, 0.2) is 51.0 Å². The van der Waals surface area contributed by atoms with Crippen molar-refractivity contribution < 1.29 is 4.39 Å². The van der Waals surface area contributed by atoms with Crippen LogP contribution >= 0.6 is 11.3 Å². The number of hydrogen-bond acceptors (Lipinski definition) is 5. The number of nitrogens with one attached hydrogen (secondary N) is 1. The zero-order chi connectivity index (χ0) is 20.3. The fraction of sp³-hybridized carbons (Fsp3) is 0.333. The molecule has 0 aromatic carbocycles. The molecule has 0 spiro atoms. The molecule has 146 valence electrons. The van der Waals surface area contributed by atoms with Gasteiger partial charge in [0.25, 0.3) is 5.56 Å². The Morgan fingerprint density at radius 3 is 2.79 bits per heavy atom. The van der Waals surface area contributed by atoms with Gasteiger partial charge < -0.3 is 0 Å². The molecule has 7 heteroatoms. The molecule has 1 aliphatic heterocycles. The smallest absolute Gasteiger partial charge is 0.272 e. The number of aromatic nitrogens is 3. The maximum atomic E-state index is 13.3. The van der Waals surface area contributed by atoms with Crippen LogP contribution in [-0.4, -0.2) is 26.9 Å². The van der Waals surface area contributed by atoms with Crippen molar-refractivity contribution in [2.75, 3.05) is 0 Å². The van der Waals surface area contributed by atoms with Crippen molar-refractivity contribution in [2.45, 2.75) is 46.1 Å². The second-order valence-electron chi connectivity index (χ2n) is 6.58. The monoisotopic (exact) mass is 398 g/mol. The van der Waals surface area contributed by atoms with E-state index in [1.807, 2.05) is 32.2 Å². The molecular formula is C21H23FN4OS. The van der Waals surface area contributed by atoms with Crippen molar-refractivity contribution in [3.05, 3.63) is 73.4 Å². The average molecular weight is 399 g/mol. The highest BCUT2D eigenvalue weighted by Gasteiger charge is 2.37. The number of nitrogens with zero attached hydrogens (tertiary/aromatic N) is 3. The molecule has 0 saturated carbocycles. The summed E-state index contributed by atoms with van der Waals surface area (Å²) in [5.74, 6) is -0.495. The first-order valence-corrected chi connectivity index (χ1v) is 10.1. The van der Waals surface area contributed by atoms with Gasteiger partial charge in [-0.2, -0.15) is 5.10 Å². The normalized spacial score (nSPS) is 20.4. The van der Waals surface area contributed by atoms with Gasteiger partial charge in [-0.15, -0.1) is 11.3 Å². The molecule has 2 atom stereocenters. The molecule has 2 aromatic rings. The van der Waals surface area contributed by atoms with E-state index < -0.39 is 0 Å². The molecular weight excluding hydrogens is 375 g/mol. The summed E-state index contributed by atoms with van der Waals surface area (Å²) in [5.41, 5.74) is 3.55. The van der Waals surface area contributed by atoms with Gasteiger partial charge in [0.1, 0.15) is 5.01 Å². The lowest BCUT2D eigenvalue weighted by molar-refractivity contribution is 0.609. The van der Waals surface area contributed by atoms with Gasteiger partial charge in [-0.1, -0.05) is 25.2 Å². The number of thiazole rings is 1. The number of aromatic amines is 1. The maximum absolute atomic E-state index is 13.3. The van der Waals surface area contributed by atoms with Crippen LogP contribution in [-0.2, 0) is 0 Å². The van der Waals surface area contributed by atoms with E-state index in [0.29, 0.717) is 12.0 Å². The van der Waals surface area contributed by atoms with Gasteiger partial charge in [0.15, 0.2) is 0 Å². The Kier molecular flexibility index (Phi) is 6.14. The Morgan fingerprint density at radius 2 is 2.18 bits per heavy atom. The third-order valence-corrected chi connectivity index (χ3v) is 5.58. The number of H-pyrrole nitrogens is 1. The first-order valence-electron chi connectivity index (χ1n) is 9.20. The molecule has 5 nitrogen and oxygen atoms in total. The molecule has 0 amide bonds. The van der Waals surface area contributed by atoms with Crippen molar-refractivity contribution in [1.29, 1.82) is 0 Å². The number of rotatable bonds is 5. The second-order valence-corrected chi connectivity index (χ2v) is 7.51. The number of allylic oxidation sites excluding steroid dienone is 4. The minimum atomic E-state index is -0.258. The van der Waals surface area contributed by atoms with Crippen LogP contribution in [0.5, 0.6) is 0 Å². The van der Waals surface area contributed by atoms with E-state index in [9.17, 15) is 9.18 Å². The minimum Gasteiger partial charge on any atom is -0.280 e. The number of aliphatic imine (C=N–C) groups is 1.